The summed E-state index contributed by atoms with van der Waals surface area (Å²) in [6.45, 7) is 5.88. The second kappa shape index (κ2) is 22.2. The van der Waals surface area contributed by atoms with E-state index in [-0.39, 0.29) is 11.8 Å². The molecule has 42 heavy (non-hydrogen) atoms. The molecule has 0 aliphatic carbocycles. The Bertz CT molecular complexity index is 1020. The lowest BCUT2D eigenvalue weighted by Crippen LogP contribution is -2.51. The second-order valence-corrected chi connectivity index (χ2v) is 10.6. The number of carbonyl (C=O) groups is 3. The number of ether oxygens (including phenoxy) is 1. The molecule has 0 aromatic heterocycles. The quantitative estimate of drug-likeness (QED) is 0.126. The predicted molar refractivity (Wildman–Crippen MR) is 172 cm³/mol. The van der Waals surface area contributed by atoms with E-state index in [2.05, 4.69) is 94.8 Å². The highest BCUT2D eigenvalue weighted by atomic mass is 16.5. The van der Waals surface area contributed by atoms with Crippen LogP contribution in [0.2, 0.25) is 0 Å². The number of rotatable bonds is 18. The largest absolute Gasteiger partial charge is 0.466 e. The standard InChI is InChI=1S/C35H51N3O4/c1-3-4-5-6-7-8-9-10-11-12-13-14-15-16-17-18-19-20-21-22-33(39)36-28-31-27-32-30-38(26-25-37(32)29-31)34(40)23-24-35(41)42-2/h4-5,7-8,10-11,13-14,16-17,19-20,23-24,31-32H,3,6,9,12,15,18,21-22,25-30H2,1-2H3,(H,36,39)/b5-4-,8-7-,11-10-,14-13-,17-16-,20-19-,24-23+. The van der Waals surface area contributed by atoms with E-state index in [9.17, 15) is 14.4 Å². The van der Waals surface area contributed by atoms with Gasteiger partial charge in [-0.1, -0.05) is 79.8 Å². The fourth-order valence-electron chi connectivity index (χ4n) is 5.01. The van der Waals surface area contributed by atoms with Crippen molar-refractivity contribution in [2.24, 2.45) is 5.92 Å². The Morgan fingerprint density at radius 1 is 0.762 bits per heavy atom. The number of hydrogen-bond donors (Lipinski definition) is 1. The highest BCUT2D eigenvalue weighted by Crippen LogP contribution is 2.26. The monoisotopic (exact) mass is 577 g/mol. The molecule has 2 heterocycles. The van der Waals surface area contributed by atoms with Gasteiger partial charge >= 0.3 is 5.97 Å². The molecule has 0 aromatic rings. The minimum Gasteiger partial charge on any atom is -0.466 e. The molecule has 2 saturated heterocycles. The molecule has 0 aromatic carbocycles. The van der Waals surface area contributed by atoms with Crippen molar-refractivity contribution in [2.45, 2.75) is 70.8 Å². The van der Waals surface area contributed by atoms with Crippen molar-refractivity contribution in [3.8, 4) is 0 Å². The van der Waals surface area contributed by atoms with Gasteiger partial charge in [0.1, 0.15) is 0 Å². The molecule has 2 unspecified atom stereocenters. The van der Waals surface area contributed by atoms with Gasteiger partial charge in [-0.05, 0) is 57.3 Å². The van der Waals surface area contributed by atoms with Crippen LogP contribution in [0.25, 0.3) is 0 Å². The van der Waals surface area contributed by atoms with E-state index < -0.39 is 5.97 Å². The van der Waals surface area contributed by atoms with E-state index in [1.807, 2.05) is 0 Å². The number of amides is 2. The Morgan fingerprint density at radius 3 is 1.90 bits per heavy atom. The average Bonchev–Trinajstić information content (AvgIpc) is 3.42. The Balaban J connectivity index is 1.49. The molecular formula is C35H51N3O4. The molecule has 0 spiro atoms. The summed E-state index contributed by atoms with van der Waals surface area (Å²) in [6.07, 6.45) is 36.7. The fourth-order valence-corrected chi connectivity index (χ4v) is 5.01. The summed E-state index contributed by atoms with van der Waals surface area (Å²) in [5, 5.41) is 3.09. The molecule has 7 heteroatoms. The van der Waals surface area contributed by atoms with Crippen LogP contribution in [-0.2, 0) is 19.1 Å². The Labute approximate surface area is 253 Å². The molecular weight excluding hydrogens is 526 g/mol. The van der Waals surface area contributed by atoms with Crippen LogP contribution in [0.1, 0.15) is 64.7 Å². The molecule has 7 nitrogen and oxygen atoms in total. The summed E-state index contributed by atoms with van der Waals surface area (Å²) in [6, 6.07) is 0.301. The molecule has 0 saturated carbocycles. The lowest BCUT2D eigenvalue weighted by Gasteiger charge is -2.36. The zero-order chi connectivity index (χ0) is 30.3. The maximum Gasteiger partial charge on any atom is 0.330 e. The van der Waals surface area contributed by atoms with Gasteiger partial charge in [-0.2, -0.15) is 0 Å². The molecule has 0 bridgehead atoms. The Morgan fingerprint density at radius 2 is 1.33 bits per heavy atom. The molecule has 1 N–H and O–H groups in total. The SMILES string of the molecule is CC/C=C\C/C=C\C/C=C\C/C=C\C/C=C\C/C=C\CCC(=O)NCC1CC2CN(C(=O)/C=C/C(=O)OC)CCN2C1. The smallest absolute Gasteiger partial charge is 0.330 e. The highest BCUT2D eigenvalue weighted by Gasteiger charge is 2.36. The number of esters is 1. The van der Waals surface area contributed by atoms with Crippen LogP contribution in [0.3, 0.4) is 0 Å². The second-order valence-electron chi connectivity index (χ2n) is 10.6. The zero-order valence-electron chi connectivity index (χ0n) is 25.7. The molecule has 0 radical (unpaired) electrons. The van der Waals surface area contributed by atoms with Crippen molar-refractivity contribution in [1.82, 2.24) is 15.1 Å². The third kappa shape index (κ3) is 15.5. The molecule has 2 aliphatic rings. The van der Waals surface area contributed by atoms with Gasteiger partial charge in [0.25, 0.3) is 0 Å². The van der Waals surface area contributed by atoms with Gasteiger partial charge < -0.3 is 15.0 Å². The minimum absolute atomic E-state index is 0.0872. The van der Waals surface area contributed by atoms with Crippen LogP contribution < -0.4 is 5.32 Å². The van der Waals surface area contributed by atoms with E-state index in [4.69, 9.17) is 0 Å². The van der Waals surface area contributed by atoms with Gasteiger partial charge in [0.05, 0.1) is 7.11 Å². The number of carbonyl (C=O) groups excluding carboxylic acids is 3. The third-order valence-corrected chi connectivity index (χ3v) is 7.30. The first-order valence-electron chi connectivity index (χ1n) is 15.5. The first kappa shape index (κ1) is 34.7. The van der Waals surface area contributed by atoms with Crippen molar-refractivity contribution >= 4 is 17.8 Å². The maximum absolute atomic E-state index is 12.3. The van der Waals surface area contributed by atoms with Gasteiger partial charge in [0, 0.05) is 57.3 Å². The van der Waals surface area contributed by atoms with E-state index in [0.717, 1.165) is 64.5 Å². The molecule has 230 valence electrons. The van der Waals surface area contributed by atoms with Crippen LogP contribution in [0.5, 0.6) is 0 Å². The van der Waals surface area contributed by atoms with E-state index >= 15 is 0 Å². The van der Waals surface area contributed by atoms with Crippen molar-refractivity contribution in [1.29, 1.82) is 0 Å². The van der Waals surface area contributed by atoms with Gasteiger partial charge in [-0.3, -0.25) is 14.5 Å². The number of allylic oxidation sites excluding steroid dienone is 12. The molecule has 2 atom stereocenters. The summed E-state index contributed by atoms with van der Waals surface area (Å²) in [7, 11) is 1.29. The minimum atomic E-state index is -0.528. The Kier molecular flexibility index (Phi) is 18.4. The summed E-state index contributed by atoms with van der Waals surface area (Å²) in [4.78, 5) is 40.1. The van der Waals surface area contributed by atoms with Gasteiger partial charge in [-0.15, -0.1) is 0 Å². The summed E-state index contributed by atoms with van der Waals surface area (Å²) >= 11 is 0. The summed E-state index contributed by atoms with van der Waals surface area (Å²) in [5.41, 5.74) is 0. The fraction of sp³-hybridized carbons (Fsp3) is 0.514. The summed E-state index contributed by atoms with van der Waals surface area (Å²) < 4.78 is 4.55. The van der Waals surface area contributed by atoms with Crippen molar-refractivity contribution in [3.05, 3.63) is 85.1 Å². The number of fused-ring (bicyclic) bond motifs is 1. The number of nitrogens with zero attached hydrogens (tertiary/aromatic N) is 2. The van der Waals surface area contributed by atoms with Crippen molar-refractivity contribution in [2.75, 3.05) is 39.8 Å². The highest BCUT2D eigenvalue weighted by molar-refractivity contribution is 5.94. The predicted octanol–water partition coefficient (Wildman–Crippen LogP) is 5.84. The first-order chi connectivity index (χ1) is 20.5. The van der Waals surface area contributed by atoms with Crippen LogP contribution in [0.4, 0.5) is 0 Å². The van der Waals surface area contributed by atoms with Crippen LogP contribution in [0.15, 0.2) is 85.1 Å². The van der Waals surface area contributed by atoms with E-state index in [1.165, 1.54) is 19.3 Å². The number of piperazine rings is 1. The molecule has 2 rings (SSSR count). The van der Waals surface area contributed by atoms with Crippen molar-refractivity contribution < 1.29 is 19.1 Å². The van der Waals surface area contributed by atoms with E-state index in [0.29, 0.717) is 38.0 Å². The maximum atomic E-state index is 12.3. The number of hydrogen-bond acceptors (Lipinski definition) is 5. The van der Waals surface area contributed by atoms with Crippen LogP contribution in [0, 0.1) is 5.92 Å². The number of methoxy groups -OCH3 is 1. The van der Waals surface area contributed by atoms with Gasteiger partial charge in [0.2, 0.25) is 11.8 Å². The normalized spacial score (nSPS) is 20.0. The van der Waals surface area contributed by atoms with Crippen molar-refractivity contribution in [3.63, 3.8) is 0 Å². The topological polar surface area (TPSA) is 79.0 Å². The number of nitrogens with one attached hydrogen (secondary N) is 1. The van der Waals surface area contributed by atoms with Crippen LogP contribution in [-0.4, -0.2) is 73.5 Å². The summed E-state index contributed by atoms with van der Waals surface area (Å²) in [5.74, 6) is -0.208. The van der Waals surface area contributed by atoms with Crippen LogP contribution >= 0.6 is 0 Å². The van der Waals surface area contributed by atoms with Gasteiger partial charge in [0.15, 0.2) is 0 Å². The average molecular weight is 578 g/mol. The zero-order valence-corrected chi connectivity index (χ0v) is 25.7. The lowest BCUT2D eigenvalue weighted by molar-refractivity contribution is -0.135. The lowest BCUT2D eigenvalue weighted by atomic mass is 10.0. The third-order valence-electron chi connectivity index (χ3n) is 7.30. The first-order valence-corrected chi connectivity index (χ1v) is 15.5. The van der Waals surface area contributed by atoms with Gasteiger partial charge in [-0.25, -0.2) is 4.79 Å². The molecule has 2 aliphatic heterocycles. The van der Waals surface area contributed by atoms with E-state index in [1.54, 1.807) is 4.90 Å². The Hall–Kier alpha value is -3.45. The molecule has 2 fully saturated rings. The molecule has 2 amide bonds.